The fourth-order valence-corrected chi connectivity index (χ4v) is 3.37. The van der Waals surface area contributed by atoms with Crippen molar-refractivity contribution in [2.75, 3.05) is 11.4 Å². The van der Waals surface area contributed by atoms with Crippen LogP contribution in [0.5, 0.6) is 0 Å². The number of hydrogen-bond acceptors (Lipinski definition) is 2. The Bertz CT molecular complexity index is 693. The van der Waals surface area contributed by atoms with Crippen LogP contribution in [0.25, 0.3) is 0 Å². The zero-order chi connectivity index (χ0) is 16.9. The molecule has 0 unspecified atom stereocenters. The van der Waals surface area contributed by atoms with Crippen LogP contribution < -0.4 is 10.2 Å². The number of nitrogens with one attached hydrogen (secondary N) is 1. The quantitative estimate of drug-likeness (QED) is 0.866. The van der Waals surface area contributed by atoms with Crippen LogP contribution in [0.15, 0.2) is 48.5 Å². The SMILES string of the molecule is CCC[C@@H](C)NC(=O)c1ccc(CN2CCc3ccccc32)cc1. The predicted molar refractivity (Wildman–Crippen MR) is 99.5 cm³/mol. The van der Waals surface area contributed by atoms with Gasteiger partial charge in [-0.1, -0.05) is 43.7 Å². The van der Waals surface area contributed by atoms with Crippen molar-refractivity contribution in [1.82, 2.24) is 5.32 Å². The molecule has 3 nitrogen and oxygen atoms in total. The van der Waals surface area contributed by atoms with Gasteiger partial charge in [-0.3, -0.25) is 4.79 Å². The molecule has 1 aliphatic heterocycles. The van der Waals surface area contributed by atoms with Gasteiger partial charge in [0.25, 0.3) is 5.91 Å². The molecule has 0 radical (unpaired) electrons. The Balaban J connectivity index is 1.62. The second kappa shape index (κ2) is 7.52. The summed E-state index contributed by atoms with van der Waals surface area (Å²) in [5.41, 5.74) is 4.75. The Kier molecular flexibility index (Phi) is 5.19. The lowest BCUT2D eigenvalue weighted by molar-refractivity contribution is 0.0938. The number of fused-ring (bicyclic) bond motifs is 1. The highest BCUT2D eigenvalue weighted by Gasteiger charge is 2.18. The van der Waals surface area contributed by atoms with Crippen LogP contribution in [0.4, 0.5) is 5.69 Å². The number of benzene rings is 2. The molecular weight excluding hydrogens is 296 g/mol. The van der Waals surface area contributed by atoms with Crippen molar-refractivity contribution in [3.63, 3.8) is 0 Å². The minimum Gasteiger partial charge on any atom is -0.367 e. The second-order valence-electron chi connectivity index (χ2n) is 6.66. The van der Waals surface area contributed by atoms with Crippen molar-refractivity contribution in [2.24, 2.45) is 0 Å². The van der Waals surface area contributed by atoms with E-state index in [-0.39, 0.29) is 11.9 Å². The molecule has 2 aromatic rings. The van der Waals surface area contributed by atoms with Crippen LogP contribution in [0, 0.1) is 0 Å². The Labute approximate surface area is 144 Å². The molecule has 126 valence electrons. The molecule has 0 spiro atoms. The first-order chi connectivity index (χ1) is 11.7. The van der Waals surface area contributed by atoms with Crippen molar-refractivity contribution in [2.45, 2.75) is 45.7 Å². The molecule has 0 saturated carbocycles. The highest BCUT2D eigenvalue weighted by Crippen LogP contribution is 2.28. The van der Waals surface area contributed by atoms with Gasteiger partial charge >= 0.3 is 0 Å². The average molecular weight is 322 g/mol. The molecule has 0 bridgehead atoms. The van der Waals surface area contributed by atoms with Gasteiger partial charge in [-0.25, -0.2) is 0 Å². The van der Waals surface area contributed by atoms with Gasteiger partial charge in [-0.2, -0.15) is 0 Å². The maximum absolute atomic E-state index is 12.2. The molecule has 1 N–H and O–H groups in total. The molecule has 1 amide bonds. The Morgan fingerprint density at radius 3 is 2.67 bits per heavy atom. The van der Waals surface area contributed by atoms with Crippen LogP contribution in [-0.4, -0.2) is 18.5 Å². The highest BCUT2D eigenvalue weighted by molar-refractivity contribution is 5.94. The molecule has 0 fully saturated rings. The number of anilines is 1. The summed E-state index contributed by atoms with van der Waals surface area (Å²) in [6.07, 6.45) is 3.21. The Morgan fingerprint density at radius 2 is 1.92 bits per heavy atom. The fourth-order valence-electron chi connectivity index (χ4n) is 3.37. The van der Waals surface area contributed by atoms with E-state index in [1.165, 1.54) is 16.8 Å². The zero-order valence-corrected chi connectivity index (χ0v) is 14.6. The molecule has 0 aliphatic carbocycles. The third-order valence-electron chi connectivity index (χ3n) is 4.67. The summed E-state index contributed by atoms with van der Waals surface area (Å²) < 4.78 is 0. The minimum absolute atomic E-state index is 0.0222. The molecule has 1 aliphatic rings. The first kappa shape index (κ1) is 16.6. The van der Waals surface area contributed by atoms with Gasteiger partial charge in [0.2, 0.25) is 0 Å². The number of carbonyl (C=O) groups is 1. The topological polar surface area (TPSA) is 32.3 Å². The van der Waals surface area contributed by atoms with Gasteiger partial charge in [-0.05, 0) is 49.1 Å². The van der Waals surface area contributed by atoms with Gasteiger partial charge in [0.05, 0.1) is 0 Å². The third kappa shape index (κ3) is 3.78. The van der Waals surface area contributed by atoms with Gasteiger partial charge in [0.15, 0.2) is 0 Å². The van der Waals surface area contributed by atoms with Crippen molar-refractivity contribution in [3.8, 4) is 0 Å². The maximum Gasteiger partial charge on any atom is 0.251 e. The Hall–Kier alpha value is -2.29. The van der Waals surface area contributed by atoms with Crippen LogP contribution in [0.1, 0.15) is 48.2 Å². The summed E-state index contributed by atoms with van der Waals surface area (Å²) in [7, 11) is 0. The second-order valence-corrected chi connectivity index (χ2v) is 6.66. The fraction of sp³-hybridized carbons (Fsp3) is 0.381. The molecule has 24 heavy (non-hydrogen) atoms. The van der Waals surface area contributed by atoms with Gasteiger partial charge in [0, 0.05) is 30.4 Å². The van der Waals surface area contributed by atoms with E-state index in [0.29, 0.717) is 0 Å². The van der Waals surface area contributed by atoms with Crippen LogP contribution >= 0.6 is 0 Å². The first-order valence-corrected chi connectivity index (χ1v) is 8.90. The van der Waals surface area contributed by atoms with Crippen LogP contribution in [-0.2, 0) is 13.0 Å². The first-order valence-electron chi connectivity index (χ1n) is 8.90. The summed E-state index contributed by atoms with van der Waals surface area (Å²) in [5, 5.41) is 3.05. The molecule has 3 heteroatoms. The molecule has 1 atom stereocenters. The monoisotopic (exact) mass is 322 g/mol. The van der Waals surface area contributed by atoms with E-state index in [0.717, 1.165) is 37.9 Å². The van der Waals surface area contributed by atoms with Crippen LogP contribution in [0.2, 0.25) is 0 Å². The molecule has 0 saturated heterocycles. The molecule has 0 aromatic heterocycles. The Morgan fingerprint density at radius 1 is 1.17 bits per heavy atom. The van der Waals surface area contributed by atoms with Crippen molar-refractivity contribution in [1.29, 1.82) is 0 Å². The summed E-state index contributed by atoms with van der Waals surface area (Å²) in [5.74, 6) is 0.0222. The van der Waals surface area contributed by atoms with E-state index in [4.69, 9.17) is 0 Å². The summed E-state index contributed by atoms with van der Waals surface area (Å²) in [6.45, 7) is 6.15. The lowest BCUT2D eigenvalue weighted by Gasteiger charge is -2.19. The third-order valence-corrected chi connectivity index (χ3v) is 4.67. The number of carbonyl (C=O) groups excluding carboxylic acids is 1. The summed E-state index contributed by atoms with van der Waals surface area (Å²) in [4.78, 5) is 14.6. The average Bonchev–Trinajstić information content (AvgIpc) is 2.99. The van der Waals surface area contributed by atoms with Gasteiger partial charge in [-0.15, -0.1) is 0 Å². The number of hydrogen-bond donors (Lipinski definition) is 1. The standard InChI is InChI=1S/C21H26N2O/c1-3-6-16(2)22-21(24)19-11-9-17(10-12-19)15-23-14-13-18-7-4-5-8-20(18)23/h4-5,7-12,16H,3,6,13-15H2,1-2H3,(H,22,24)/t16-/m1/s1. The van der Waals surface area contributed by atoms with Crippen LogP contribution in [0.3, 0.4) is 0 Å². The minimum atomic E-state index is 0.0222. The van der Waals surface area contributed by atoms with E-state index >= 15 is 0 Å². The molecule has 3 rings (SSSR count). The number of nitrogens with zero attached hydrogens (tertiary/aromatic N) is 1. The molecule has 2 aromatic carbocycles. The number of para-hydroxylation sites is 1. The predicted octanol–water partition coefficient (Wildman–Crippen LogP) is 4.17. The van der Waals surface area contributed by atoms with Crippen molar-refractivity contribution < 1.29 is 4.79 Å². The lowest BCUT2D eigenvalue weighted by atomic mass is 10.1. The van der Waals surface area contributed by atoms with E-state index < -0.39 is 0 Å². The lowest BCUT2D eigenvalue weighted by Crippen LogP contribution is -2.32. The largest absolute Gasteiger partial charge is 0.367 e. The van der Waals surface area contributed by atoms with E-state index in [1.807, 2.05) is 12.1 Å². The molecular formula is C21H26N2O. The van der Waals surface area contributed by atoms with Gasteiger partial charge in [0.1, 0.15) is 0 Å². The highest BCUT2D eigenvalue weighted by atomic mass is 16.1. The smallest absolute Gasteiger partial charge is 0.251 e. The summed E-state index contributed by atoms with van der Waals surface area (Å²) in [6, 6.07) is 16.8. The van der Waals surface area contributed by atoms with Crippen molar-refractivity contribution in [3.05, 3.63) is 65.2 Å². The maximum atomic E-state index is 12.2. The number of amides is 1. The van der Waals surface area contributed by atoms with E-state index in [2.05, 4.69) is 60.5 Å². The van der Waals surface area contributed by atoms with Crippen molar-refractivity contribution >= 4 is 11.6 Å². The van der Waals surface area contributed by atoms with Gasteiger partial charge < -0.3 is 10.2 Å². The normalized spacial score (nSPS) is 14.3. The number of rotatable bonds is 6. The van der Waals surface area contributed by atoms with E-state index in [1.54, 1.807) is 0 Å². The van der Waals surface area contributed by atoms with E-state index in [9.17, 15) is 4.79 Å². The molecule has 1 heterocycles. The summed E-state index contributed by atoms with van der Waals surface area (Å²) >= 11 is 0. The zero-order valence-electron chi connectivity index (χ0n) is 14.6.